The van der Waals surface area contributed by atoms with Crippen molar-refractivity contribution in [1.29, 1.82) is 0 Å². The molecule has 0 aliphatic heterocycles. The van der Waals surface area contributed by atoms with Gasteiger partial charge in [0, 0.05) is 5.57 Å². The molecular formula is C22H24O4. The number of aryl methyl sites for hydroxylation is 2. The summed E-state index contributed by atoms with van der Waals surface area (Å²) in [6.07, 6.45) is 0. The van der Waals surface area contributed by atoms with Crippen LogP contribution in [0.4, 0.5) is 0 Å². The third-order valence-corrected chi connectivity index (χ3v) is 3.92. The fraction of sp³-hybridized carbons (Fsp3) is 0.273. The monoisotopic (exact) mass is 352 g/mol. The van der Waals surface area contributed by atoms with Crippen LogP contribution in [0, 0.1) is 19.8 Å². The first-order valence-corrected chi connectivity index (χ1v) is 8.50. The second-order valence-corrected chi connectivity index (χ2v) is 6.71. The summed E-state index contributed by atoms with van der Waals surface area (Å²) in [4.78, 5) is 23.4. The maximum atomic E-state index is 11.8. The number of ether oxygens (including phenoxy) is 2. The molecule has 2 rings (SSSR count). The van der Waals surface area contributed by atoms with E-state index in [2.05, 4.69) is 6.58 Å². The molecule has 0 saturated carbocycles. The topological polar surface area (TPSA) is 52.6 Å². The number of rotatable bonds is 5. The average Bonchev–Trinajstić information content (AvgIpc) is 2.58. The van der Waals surface area contributed by atoms with Crippen LogP contribution in [0.15, 0.2) is 48.6 Å². The molecule has 4 heteroatoms. The Labute approximate surface area is 154 Å². The second-order valence-electron chi connectivity index (χ2n) is 6.71. The van der Waals surface area contributed by atoms with Gasteiger partial charge in [-0.05, 0) is 67.3 Å². The molecule has 2 aromatic carbocycles. The van der Waals surface area contributed by atoms with Crippen LogP contribution in [-0.4, -0.2) is 11.9 Å². The minimum atomic E-state index is -0.437. The van der Waals surface area contributed by atoms with Crippen LogP contribution < -0.4 is 9.47 Å². The summed E-state index contributed by atoms with van der Waals surface area (Å²) in [5, 5.41) is 0. The van der Waals surface area contributed by atoms with Crippen LogP contribution in [0.2, 0.25) is 0 Å². The molecule has 0 saturated heterocycles. The molecular weight excluding hydrogens is 328 g/mol. The molecule has 26 heavy (non-hydrogen) atoms. The van der Waals surface area contributed by atoms with Crippen LogP contribution in [0.1, 0.15) is 31.9 Å². The first-order valence-electron chi connectivity index (χ1n) is 8.50. The van der Waals surface area contributed by atoms with Crippen molar-refractivity contribution in [2.75, 3.05) is 0 Å². The van der Waals surface area contributed by atoms with Gasteiger partial charge >= 0.3 is 11.9 Å². The van der Waals surface area contributed by atoms with Gasteiger partial charge in [-0.25, -0.2) is 4.79 Å². The molecule has 0 atom stereocenters. The van der Waals surface area contributed by atoms with E-state index in [9.17, 15) is 9.59 Å². The Morgan fingerprint density at radius 2 is 1.35 bits per heavy atom. The summed E-state index contributed by atoms with van der Waals surface area (Å²) in [5.74, 6) is 0.219. The number of hydrogen-bond donors (Lipinski definition) is 0. The number of hydrogen-bond acceptors (Lipinski definition) is 4. The van der Waals surface area contributed by atoms with Crippen molar-refractivity contribution in [2.24, 2.45) is 5.92 Å². The normalized spacial score (nSPS) is 10.5. The van der Waals surface area contributed by atoms with Crippen molar-refractivity contribution in [1.82, 2.24) is 0 Å². The molecule has 136 valence electrons. The van der Waals surface area contributed by atoms with Crippen LogP contribution in [0.25, 0.3) is 11.1 Å². The fourth-order valence-electron chi connectivity index (χ4n) is 2.30. The maximum absolute atomic E-state index is 11.8. The third-order valence-electron chi connectivity index (χ3n) is 3.92. The zero-order valence-electron chi connectivity index (χ0n) is 15.9. The number of carbonyl (C=O) groups is 2. The Balaban J connectivity index is 2.25. The highest BCUT2D eigenvalue weighted by molar-refractivity contribution is 5.89. The van der Waals surface area contributed by atoms with E-state index in [1.807, 2.05) is 38.1 Å². The van der Waals surface area contributed by atoms with Crippen molar-refractivity contribution in [3.05, 3.63) is 59.7 Å². The lowest BCUT2D eigenvalue weighted by molar-refractivity contribution is -0.137. The summed E-state index contributed by atoms with van der Waals surface area (Å²) in [6.45, 7) is 12.6. The molecule has 0 heterocycles. The zero-order valence-corrected chi connectivity index (χ0v) is 15.9. The highest BCUT2D eigenvalue weighted by Crippen LogP contribution is 2.30. The van der Waals surface area contributed by atoms with Gasteiger partial charge in [-0.3, -0.25) is 4.79 Å². The van der Waals surface area contributed by atoms with Gasteiger partial charge in [0.25, 0.3) is 0 Å². The van der Waals surface area contributed by atoms with Gasteiger partial charge < -0.3 is 9.47 Å². The number of esters is 2. The lowest BCUT2D eigenvalue weighted by Crippen LogP contribution is -2.15. The predicted molar refractivity (Wildman–Crippen MR) is 102 cm³/mol. The molecule has 0 aliphatic rings. The summed E-state index contributed by atoms with van der Waals surface area (Å²) < 4.78 is 10.7. The molecule has 0 spiro atoms. The van der Waals surface area contributed by atoms with Gasteiger partial charge in [0.15, 0.2) is 0 Å². The molecule has 2 aromatic rings. The van der Waals surface area contributed by atoms with E-state index < -0.39 is 5.97 Å². The maximum Gasteiger partial charge on any atom is 0.338 e. The molecule has 0 unspecified atom stereocenters. The fourth-order valence-corrected chi connectivity index (χ4v) is 2.30. The van der Waals surface area contributed by atoms with Crippen molar-refractivity contribution in [3.63, 3.8) is 0 Å². The Morgan fingerprint density at radius 1 is 0.885 bits per heavy atom. The quantitative estimate of drug-likeness (QED) is 0.431. The van der Waals surface area contributed by atoms with E-state index in [1.54, 1.807) is 32.9 Å². The Hall–Kier alpha value is -2.88. The van der Waals surface area contributed by atoms with E-state index in [-0.39, 0.29) is 11.9 Å². The summed E-state index contributed by atoms with van der Waals surface area (Å²) in [5.41, 5.74) is 4.07. The van der Waals surface area contributed by atoms with E-state index >= 15 is 0 Å². The summed E-state index contributed by atoms with van der Waals surface area (Å²) >= 11 is 0. The minimum absolute atomic E-state index is 0.175. The lowest BCUT2D eigenvalue weighted by Gasteiger charge is -2.12. The highest BCUT2D eigenvalue weighted by Gasteiger charge is 2.13. The number of carbonyl (C=O) groups excluding carboxylic acids is 2. The Kier molecular flexibility index (Phi) is 5.98. The standard InChI is InChI=1S/C22H24O4/c1-13(2)21(23)25-19-9-7-17(11-15(19)5)18-8-10-20(16(6)12-18)26-22(24)14(3)4/h7-12,14H,1H2,2-6H3. The van der Waals surface area contributed by atoms with Gasteiger partial charge in [-0.1, -0.05) is 32.6 Å². The van der Waals surface area contributed by atoms with Crippen LogP contribution >= 0.6 is 0 Å². The molecule has 0 radical (unpaired) electrons. The average molecular weight is 352 g/mol. The van der Waals surface area contributed by atoms with Crippen molar-refractivity contribution >= 4 is 11.9 Å². The third kappa shape index (κ3) is 4.60. The predicted octanol–water partition coefficient (Wildman–Crippen LogP) is 5.01. The van der Waals surface area contributed by atoms with Gasteiger partial charge in [-0.2, -0.15) is 0 Å². The van der Waals surface area contributed by atoms with E-state index in [0.717, 1.165) is 22.3 Å². The van der Waals surface area contributed by atoms with Crippen molar-refractivity contribution in [3.8, 4) is 22.6 Å². The molecule has 0 fully saturated rings. The summed E-state index contributed by atoms with van der Waals surface area (Å²) in [6, 6.07) is 11.3. The Morgan fingerprint density at radius 3 is 1.73 bits per heavy atom. The van der Waals surface area contributed by atoms with E-state index in [1.165, 1.54) is 0 Å². The molecule has 4 nitrogen and oxygen atoms in total. The van der Waals surface area contributed by atoms with Crippen LogP contribution in [0.3, 0.4) is 0 Å². The molecule has 0 amide bonds. The first-order chi connectivity index (χ1) is 12.2. The van der Waals surface area contributed by atoms with Gasteiger partial charge in [0.05, 0.1) is 5.92 Å². The second kappa shape index (κ2) is 8.00. The minimum Gasteiger partial charge on any atom is -0.426 e. The van der Waals surface area contributed by atoms with Crippen LogP contribution in [-0.2, 0) is 9.59 Å². The zero-order chi connectivity index (χ0) is 19.4. The molecule has 0 aromatic heterocycles. The number of benzene rings is 2. The van der Waals surface area contributed by atoms with E-state index in [4.69, 9.17) is 9.47 Å². The van der Waals surface area contributed by atoms with E-state index in [0.29, 0.717) is 17.1 Å². The largest absolute Gasteiger partial charge is 0.426 e. The van der Waals surface area contributed by atoms with Crippen molar-refractivity contribution < 1.29 is 19.1 Å². The van der Waals surface area contributed by atoms with Crippen molar-refractivity contribution in [2.45, 2.75) is 34.6 Å². The molecule has 0 aliphatic carbocycles. The summed E-state index contributed by atoms with van der Waals surface area (Å²) in [7, 11) is 0. The van der Waals surface area contributed by atoms with Gasteiger partial charge in [-0.15, -0.1) is 0 Å². The van der Waals surface area contributed by atoms with Crippen LogP contribution in [0.5, 0.6) is 11.5 Å². The van der Waals surface area contributed by atoms with Gasteiger partial charge in [0.2, 0.25) is 0 Å². The first kappa shape index (κ1) is 19.4. The van der Waals surface area contributed by atoms with Gasteiger partial charge in [0.1, 0.15) is 11.5 Å². The molecule has 0 bridgehead atoms. The Bertz CT molecular complexity index is 862. The smallest absolute Gasteiger partial charge is 0.338 e. The highest BCUT2D eigenvalue weighted by atomic mass is 16.5. The molecule has 0 N–H and O–H groups in total. The SMILES string of the molecule is C=C(C)C(=O)Oc1ccc(-c2ccc(OC(=O)C(C)C)c(C)c2)cc1C. The lowest BCUT2D eigenvalue weighted by atomic mass is 10.0.